The molecule has 126 valence electrons. The lowest BCUT2D eigenvalue weighted by atomic mass is 10.1. The van der Waals surface area contributed by atoms with Crippen LogP contribution in [0, 0.1) is 27.7 Å². The van der Waals surface area contributed by atoms with Gasteiger partial charge in [0.15, 0.2) is 0 Å². The standard InChI is InChI=1S/C17H20N4O2S/c1-10-8-14(17-19-13(4)23-20-17)9-11(2)16(10)22-7-5-6-15-18-12(3)21-24-15/h8-9H,5-7H2,1-4H3. The Morgan fingerprint density at radius 1 is 1.08 bits per heavy atom. The highest BCUT2D eigenvalue weighted by Gasteiger charge is 2.12. The van der Waals surface area contributed by atoms with Crippen molar-refractivity contribution in [3.63, 3.8) is 0 Å². The van der Waals surface area contributed by atoms with Crippen LogP contribution in [0.3, 0.4) is 0 Å². The molecule has 0 radical (unpaired) electrons. The van der Waals surface area contributed by atoms with Gasteiger partial charge in [-0.2, -0.15) is 9.36 Å². The lowest BCUT2D eigenvalue weighted by Crippen LogP contribution is -2.02. The van der Waals surface area contributed by atoms with Crippen LogP contribution in [0.5, 0.6) is 5.75 Å². The Kier molecular flexibility index (Phi) is 4.89. The molecule has 2 aromatic heterocycles. The summed E-state index contributed by atoms with van der Waals surface area (Å²) in [5.74, 6) is 2.94. The normalized spacial score (nSPS) is 11.0. The molecule has 0 aliphatic heterocycles. The molecule has 0 N–H and O–H groups in total. The third-order valence-electron chi connectivity index (χ3n) is 3.60. The van der Waals surface area contributed by atoms with Crippen molar-refractivity contribution in [3.8, 4) is 17.1 Å². The van der Waals surface area contributed by atoms with Crippen molar-refractivity contribution in [2.24, 2.45) is 0 Å². The average molecular weight is 344 g/mol. The first kappa shape index (κ1) is 16.6. The Bertz CT molecular complexity index is 818. The van der Waals surface area contributed by atoms with E-state index < -0.39 is 0 Å². The molecule has 0 atom stereocenters. The molecule has 0 amide bonds. The number of hydrogen-bond acceptors (Lipinski definition) is 7. The van der Waals surface area contributed by atoms with Crippen molar-refractivity contribution in [3.05, 3.63) is 40.0 Å². The molecule has 0 spiro atoms. The third-order valence-corrected chi connectivity index (χ3v) is 4.46. The maximum Gasteiger partial charge on any atom is 0.223 e. The molecule has 24 heavy (non-hydrogen) atoms. The number of benzene rings is 1. The number of nitrogens with zero attached hydrogens (tertiary/aromatic N) is 4. The first-order chi connectivity index (χ1) is 11.5. The summed E-state index contributed by atoms with van der Waals surface area (Å²) in [7, 11) is 0. The zero-order valence-corrected chi connectivity index (χ0v) is 15.1. The van der Waals surface area contributed by atoms with Crippen molar-refractivity contribution in [2.45, 2.75) is 40.5 Å². The minimum Gasteiger partial charge on any atom is -0.493 e. The van der Waals surface area contributed by atoms with E-state index in [1.807, 2.05) is 32.9 Å². The second kappa shape index (κ2) is 7.09. The van der Waals surface area contributed by atoms with Gasteiger partial charge in [-0.3, -0.25) is 0 Å². The number of ether oxygens (including phenoxy) is 1. The van der Waals surface area contributed by atoms with Crippen LogP contribution in [-0.4, -0.2) is 26.1 Å². The lowest BCUT2D eigenvalue weighted by Gasteiger charge is -2.13. The van der Waals surface area contributed by atoms with E-state index in [0.717, 1.165) is 46.1 Å². The zero-order valence-electron chi connectivity index (χ0n) is 14.3. The van der Waals surface area contributed by atoms with Gasteiger partial charge in [-0.25, -0.2) is 4.98 Å². The molecular weight excluding hydrogens is 324 g/mol. The fraction of sp³-hybridized carbons (Fsp3) is 0.412. The average Bonchev–Trinajstić information content (AvgIpc) is 3.14. The molecule has 7 heteroatoms. The molecule has 0 unspecified atom stereocenters. The topological polar surface area (TPSA) is 73.9 Å². The van der Waals surface area contributed by atoms with Crippen molar-refractivity contribution in [1.82, 2.24) is 19.5 Å². The van der Waals surface area contributed by atoms with Crippen LogP contribution in [0.2, 0.25) is 0 Å². The van der Waals surface area contributed by atoms with Crippen LogP contribution in [0.4, 0.5) is 0 Å². The molecule has 0 aliphatic rings. The third kappa shape index (κ3) is 3.79. The Morgan fingerprint density at radius 3 is 2.42 bits per heavy atom. The van der Waals surface area contributed by atoms with Gasteiger partial charge < -0.3 is 9.26 Å². The molecule has 0 saturated heterocycles. The first-order valence-corrected chi connectivity index (χ1v) is 8.64. The van der Waals surface area contributed by atoms with Gasteiger partial charge in [-0.05, 0) is 62.0 Å². The van der Waals surface area contributed by atoms with Crippen LogP contribution in [0.15, 0.2) is 16.7 Å². The van der Waals surface area contributed by atoms with Gasteiger partial charge in [-0.1, -0.05) is 5.16 Å². The van der Waals surface area contributed by atoms with E-state index in [9.17, 15) is 0 Å². The largest absolute Gasteiger partial charge is 0.493 e. The van der Waals surface area contributed by atoms with Gasteiger partial charge >= 0.3 is 0 Å². The number of aromatic nitrogens is 4. The maximum atomic E-state index is 5.98. The summed E-state index contributed by atoms with van der Waals surface area (Å²) in [6, 6.07) is 4.06. The Balaban J connectivity index is 1.63. The number of aryl methyl sites for hydroxylation is 5. The molecule has 6 nitrogen and oxygen atoms in total. The van der Waals surface area contributed by atoms with E-state index in [1.54, 1.807) is 6.92 Å². The first-order valence-electron chi connectivity index (χ1n) is 7.87. The van der Waals surface area contributed by atoms with Gasteiger partial charge in [0, 0.05) is 18.9 Å². The quantitative estimate of drug-likeness (QED) is 0.633. The molecule has 0 bridgehead atoms. The van der Waals surface area contributed by atoms with E-state index in [2.05, 4.69) is 19.5 Å². The fourth-order valence-electron chi connectivity index (χ4n) is 2.56. The Morgan fingerprint density at radius 2 is 1.83 bits per heavy atom. The van der Waals surface area contributed by atoms with Crippen LogP contribution in [0.1, 0.15) is 34.3 Å². The molecule has 3 rings (SSSR count). The minimum atomic E-state index is 0.563. The molecule has 1 aromatic carbocycles. The highest BCUT2D eigenvalue weighted by Crippen LogP contribution is 2.29. The van der Waals surface area contributed by atoms with E-state index in [-0.39, 0.29) is 0 Å². The Labute approximate surface area is 145 Å². The van der Waals surface area contributed by atoms with Crippen molar-refractivity contribution < 1.29 is 9.26 Å². The monoisotopic (exact) mass is 344 g/mol. The van der Waals surface area contributed by atoms with Crippen LogP contribution >= 0.6 is 11.5 Å². The summed E-state index contributed by atoms with van der Waals surface area (Å²) in [4.78, 5) is 8.64. The minimum absolute atomic E-state index is 0.563. The van der Waals surface area contributed by atoms with Crippen molar-refractivity contribution >= 4 is 11.5 Å². The predicted molar refractivity (Wildman–Crippen MR) is 92.4 cm³/mol. The van der Waals surface area contributed by atoms with E-state index in [1.165, 1.54) is 11.5 Å². The molecule has 0 aliphatic carbocycles. The molecular formula is C17H20N4O2S. The van der Waals surface area contributed by atoms with Gasteiger partial charge in [0.2, 0.25) is 11.7 Å². The van der Waals surface area contributed by atoms with E-state index in [4.69, 9.17) is 9.26 Å². The summed E-state index contributed by atoms with van der Waals surface area (Å²) in [6.45, 7) is 8.42. The molecule has 3 aromatic rings. The van der Waals surface area contributed by atoms with E-state index >= 15 is 0 Å². The highest BCUT2D eigenvalue weighted by molar-refractivity contribution is 7.05. The van der Waals surface area contributed by atoms with Crippen molar-refractivity contribution in [2.75, 3.05) is 6.61 Å². The van der Waals surface area contributed by atoms with Crippen LogP contribution < -0.4 is 4.74 Å². The highest BCUT2D eigenvalue weighted by atomic mass is 32.1. The van der Waals surface area contributed by atoms with Crippen LogP contribution in [0.25, 0.3) is 11.4 Å². The van der Waals surface area contributed by atoms with E-state index in [0.29, 0.717) is 18.3 Å². The molecule has 0 saturated carbocycles. The van der Waals surface area contributed by atoms with Crippen molar-refractivity contribution in [1.29, 1.82) is 0 Å². The zero-order chi connectivity index (χ0) is 17.1. The molecule has 0 fully saturated rings. The summed E-state index contributed by atoms with van der Waals surface area (Å²) in [5, 5.41) is 5.03. The Hall–Kier alpha value is -2.28. The van der Waals surface area contributed by atoms with Gasteiger partial charge in [0.05, 0.1) is 6.61 Å². The smallest absolute Gasteiger partial charge is 0.223 e. The second-order valence-electron chi connectivity index (χ2n) is 5.76. The summed E-state index contributed by atoms with van der Waals surface area (Å²) in [5.41, 5.74) is 3.08. The number of rotatable bonds is 6. The van der Waals surface area contributed by atoms with Crippen LogP contribution in [-0.2, 0) is 6.42 Å². The fourth-order valence-corrected chi connectivity index (χ4v) is 3.25. The van der Waals surface area contributed by atoms with Gasteiger partial charge in [-0.15, -0.1) is 0 Å². The second-order valence-corrected chi connectivity index (χ2v) is 6.60. The van der Waals surface area contributed by atoms with Gasteiger partial charge in [0.1, 0.15) is 16.6 Å². The summed E-state index contributed by atoms with van der Waals surface area (Å²) >= 11 is 1.46. The van der Waals surface area contributed by atoms with Gasteiger partial charge in [0.25, 0.3) is 0 Å². The number of hydrogen-bond donors (Lipinski definition) is 0. The summed E-state index contributed by atoms with van der Waals surface area (Å²) < 4.78 is 15.2. The molecule has 2 heterocycles. The SMILES string of the molecule is Cc1nsc(CCCOc2c(C)cc(-c3noc(C)n3)cc2C)n1. The predicted octanol–water partition coefficient (Wildman–Crippen LogP) is 3.83. The summed E-state index contributed by atoms with van der Waals surface area (Å²) in [6.07, 6.45) is 1.81. The maximum absolute atomic E-state index is 5.98. The lowest BCUT2D eigenvalue weighted by molar-refractivity contribution is 0.307.